The summed E-state index contributed by atoms with van der Waals surface area (Å²) in [5.74, 6) is 0.365. The number of hydrogen-bond donors (Lipinski definition) is 3. The molecule has 0 aromatic carbocycles. The van der Waals surface area contributed by atoms with Crippen LogP contribution < -0.4 is 5.73 Å². The van der Waals surface area contributed by atoms with E-state index >= 15 is 0 Å². The Labute approximate surface area is 200 Å². The summed E-state index contributed by atoms with van der Waals surface area (Å²) in [6, 6.07) is 1.78. The molecule has 0 bridgehead atoms. The third kappa shape index (κ3) is 6.52. The van der Waals surface area contributed by atoms with Gasteiger partial charge in [-0.15, -0.1) is 0 Å². The molecule has 1 unspecified atom stereocenters. The molecule has 2 fully saturated rings. The first-order valence-corrected chi connectivity index (χ1v) is 13.3. The maximum Gasteiger partial charge on any atom is 0.405 e. The van der Waals surface area contributed by atoms with Gasteiger partial charge in [0.2, 0.25) is 0 Å². The SMILES string of the molecule is CCN(CC)CC.Nc1ncnc2c1ccn2[C@H]1C[C@H](O)[C@@H](COP(=O)(O)N2CCOCC2)O1. The van der Waals surface area contributed by atoms with E-state index in [0.29, 0.717) is 49.6 Å². The second kappa shape index (κ2) is 12.4. The van der Waals surface area contributed by atoms with Crippen LogP contribution in [-0.2, 0) is 18.6 Å². The van der Waals surface area contributed by atoms with Crippen molar-refractivity contribution in [2.24, 2.45) is 0 Å². The minimum atomic E-state index is -3.95. The summed E-state index contributed by atoms with van der Waals surface area (Å²) >= 11 is 0. The number of aromatic nitrogens is 3. The first kappa shape index (κ1) is 27.0. The Bertz CT molecular complexity index is 945. The van der Waals surface area contributed by atoms with E-state index in [-0.39, 0.29) is 6.61 Å². The molecule has 34 heavy (non-hydrogen) atoms. The van der Waals surface area contributed by atoms with Crippen molar-refractivity contribution < 1.29 is 28.6 Å². The second-order valence-electron chi connectivity index (χ2n) is 8.12. The number of hydrogen-bond acceptors (Lipinski definition) is 9. The summed E-state index contributed by atoms with van der Waals surface area (Å²) in [5, 5.41) is 11.0. The van der Waals surface area contributed by atoms with Crippen molar-refractivity contribution in [2.45, 2.75) is 45.6 Å². The summed E-state index contributed by atoms with van der Waals surface area (Å²) < 4.78 is 31.8. The van der Waals surface area contributed by atoms with Gasteiger partial charge in [0.05, 0.1) is 31.3 Å². The molecule has 2 aliphatic heterocycles. The number of fused-ring (bicyclic) bond motifs is 1. The molecule has 4 atom stereocenters. The van der Waals surface area contributed by atoms with Crippen molar-refractivity contribution >= 4 is 24.6 Å². The van der Waals surface area contributed by atoms with Crippen LogP contribution >= 0.6 is 7.75 Å². The minimum absolute atomic E-state index is 0.195. The molecule has 0 aliphatic carbocycles. The lowest BCUT2D eigenvalue weighted by Crippen LogP contribution is -2.35. The highest BCUT2D eigenvalue weighted by atomic mass is 31.2. The van der Waals surface area contributed by atoms with E-state index in [1.54, 1.807) is 16.8 Å². The molecule has 2 aromatic rings. The van der Waals surface area contributed by atoms with Crippen LogP contribution in [0.4, 0.5) is 5.82 Å². The Morgan fingerprint density at radius 2 is 1.91 bits per heavy atom. The maximum absolute atomic E-state index is 12.4. The zero-order valence-electron chi connectivity index (χ0n) is 20.1. The zero-order valence-corrected chi connectivity index (χ0v) is 21.0. The lowest BCUT2D eigenvalue weighted by molar-refractivity contribution is -0.0428. The molecule has 2 aromatic heterocycles. The topological polar surface area (TPSA) is 148 Å². The van der Waals surface area contributed by atoms with Crippen molar-refractivity contribution in [2.75, 3.05) is 58.3 Å². The number of nitrogens with two attached hydrogens (primary N) is 1. The summed E-state index contributed by atoms with van der Waals surface area (Å²) in [6.45, 7) is 11.3. The fourth-order valence-corrected chi connectivity index (χ4v) is 5.16. The van der Waals surface area contributed by atoms with Crippen molar-refractivity contribution in [3.63, 3.8) is 0 Å². The van der Waals surface area contributed by atoms with Crippen LogP contribution in [-0.4, -0.2) is 98.9 Å². The fourth-order valence-electron chi connectivity index (χ4n) is 3.99. The van der Waals surface area contributed by atoms with Crippen LogP contribution in [0.3, 0.4) is 0 Å². The standard InChI is InChI=1S/C15H22N5O6P.C6H15N/c16-14-10-1-2-20(15(10)18-9-17-14)13-7-11(21)12(26-13)8-25-27(22,23)19-3-5-24-6-4-19;1-4-7(5-2)6-3/h1-2,9,11-13,21H,3-8H2,(H,22,23)(H2,16,17,18);4-6H2,1-3H3/t11-,12+,13+;/m0./s1. The molecule has 13 heteroatoms. The highest BCUT2D eigenvalue weighted by molar-refractivity contribution is 7.50. The van der Waals surface area contributed by atoms with Gasteiger partial charge in [0.15, 0.2) is 0 Å². The van der Waals surface area contributed by atoms with Crippen molar-refractivity contribution in [3.8, 4) is 0 Å². The molecule has 0 saturated carbocycles. The Balaban J connectivity index is 0.000000406. The number of ether oxygens (including phenoxy) is 2. The smallest absolute Gasteiger partial charge is 0.390 e. The molecule has 4 N–H and O–H groups in total. The molecule has 0 amide bonds. The molecule has 12 nitrogen and oxygen atoms in total. The van der Waals surface area contributed by atoms with Crippen LogP contribution in [0.15, 0.2) is 18.6 Å². The predicted octanol–water partition coefficient (Wildman–Crippen LogP) is 1.46. The van der Waals surface area contributed by atoms with Crippen LogP contribution in [0.5, 0.6) is 0 Å². The van der Waals surface area contributed by atoms with Gasteiger partial charge in [0, 0.05) is 25.7 Å². The van der Waals surface area contributed by atoms with E-state index in [1.165, 1.54) is 30.6 Å². The summed E-state index contributed by atoms with van der Waals surface area (Å²) in [5.41, 5.74) is 6.44. The number of morpholine rings is 1. The fraction of sp³-hybridized carbons (Fsp3) is 0.714. The van der Waals surface area contributed by atoms with Gasteiger partial charge in [-0.2, -0.15) is 0 Å². The van der Waals surface area contributed by atoms with E-state index in [4.69, 9.17) is 19.7 Å². The average molecular weight is 501 g/mol. The quantitative estimate of drug-likeness (QED) is 0.452. The Morgan fingerprint density at radius 1 is 1.24 bits per heavy atom. The van der Waals surface area contributed by atoms with Gasteiger partial charge in [-0.3, -0.25) is 4.52 Å². The first-order valence-electron chi connectivity index (χ1n) is 11.7. The lowest BCUT2D eigenvalue weighted by Gasteiger charge is -2.30. The number of rotatable bonds is 8. The summed E-state index contributed by atoms with van der Waals surface area (Å²) in [6.07, 6.45) is 1.38. The molecule has 0 spiro atoms. The van der Waals surface area contributed by atoms with Crippen molar-refractivity contribution in [3.05, 3.63) is 18.6 Å². The van der Waals surface area contributed by atoms with Crippen LogP contribution in [0.25, 0.3) is 11.0 Å². The zero-order chi connectivity index (χ0) is 24.7. The lowest BCUT2D eigenvalue weighted by atomic mass is 10.2. The molecular formula is C21H37N6O6P. The minimum Gasteiger partial charge on any atom is -0.390 e. The third-order valence-corrected chi connectivity index (χ3v) is 7.75. The van der Waals surface area contributed by atoms with Crippen LogP contribution in [0.1, 0.15) is 33.4 Å². The highest BCUT2D eigenvalue weighted by Crippen LogP contribution is 2.47. The van der Waals surface area contributed by atoms with E-state index in [0.717, 1.165) is 0 Å². The van der Waals surface area contributed by atoms with Crippen molar-refractivity contribution in [1.29, 1.82) is 0 Å². The van der Waals surface area contributed by atoms with E-state index in [1.807, 2.05) is 0 Å². The summed E-state index contributed by atoms with van der Waals surface area (Å²) in [4.78, 5) is 20.7. The normalized spacial score (nSPS) is 25.3. The van der Waals surface area contributed by atoms with E-state index in [9.17, 15) is 14.6 Å². The Kier molecular flexibility index (Phi) is 9.81. The largest absolute Gasteiger partial charge is 0.405 e. The Morgan fingerprint density at radius 3 is 2.53 bits per heavy atom. The van der Waals surface area contributed by atoms with E-state index in [2.05, 4.69) is 35.6 Å². The Hall–Kier alpha value is -1.63. The number of anilines is 1. The second-order valence-corrected chi connectivity index (χ2v) is 9.93. The van der Waals surface area contributed by atoms with Gasteiger partial charge in [-0.25, -0.2) is 19.2 Å². The molecule has 4 heterocycles. The summed E-state index contributed by atoms with van der Waals surface area (Å²) in [7, 11) is -3.95. The number of aliphatic hydroxyl groups is 1. The molecule has 2 aliphatic rings. The monoisotopic (exact) mass is 500 g/mol. The van der Waals surface area contributed by atoms with Gasteiger partial charge in [0.25, 0.3) is 0 Å². The average Bonchev–Trinajstić information content (AvgIpc) is 3.44. The third-order valence-electron chi connectivity index (χ3n) is 6.15. The molecular weight excluding hydrogens is 463 g/mol. The highest BCUT2D eigenvalue weighted by Gasteiger charge is 2.39. The molecule has 192 valence electrons. The van der Waals surface area contributed by atoms with Crippen molar-refractivity contribution in [1.82, 2.24) is 24.1 Å². The number of nitrogen functional groups attached to an aromatic ring is 1. The van der Waals surface area contributed by atoms with Gasteiger partial charge in [0.1, 0.15) is 30.1 Å². The number of nitrogens with zero attached hydrogens (tertiary/aromatic N) is 5. The maximum atomic E-state index is 12.4. The van der Waals surface area contributed by atoms with Gasteiger partial charge in [-0.1, -0.05) is 20.8 Å². The van der Waals surface area contributed by atoms with E-state index < -0.39 is 26.2 Å². The van der Waals surface area contributed by atoms with Gasteiger partial charge < -0.3 is 34.7 Å². The van der Waals surface area contributed by atoms with Crippen LogP contribution in [0, 0.1) is 0 Å². The number of aliphatic hydroxyl groups excluding tert-OH is 1. The molecule has 0 radical (unpaired) electrons. The van der Waals surface area contributed by atoms with Crippen LogP contribution in [0.2, 0.25) is 0 Å². The van der Waals surface area contributed by atoms with Gasteiger partial charge in [-0.05, 0) is 25.7 Å². The molecule has 4 rings (SSSR count). The van der Waals surface area contributed by atoms with Gasteiger partial charge >= 0.3 is 7.75 Å². The molecule has 2 saturated heterocycles. The predicted molar refractivity (Wildman–Crippen MR) is 128 cm³/mol. The first-order chi connectivity index (χ1) is 16.3.